The fourth-order valence-electron chi connectivity index (χ4n) is 3.01. The maximum absolute atomic E-state index is 9.76. The summed E-state index contributed by atoms with van der Waals surface area (Å²) in [6, 6.07) is 14.0. The second-order valence-corrected chi connectivity index (χ2v) is 5.88. The van der Waals surface area contributed by atoms with E-state index in [9.17, 15) is 10.4 Å². The highest BCUT2D eigenvalue weighted by Crippen LogP contribution is 2.44. The lowest BCUT2D eigenvalue weighted by Gasteiger charge is -2.14. The normalized spacial score (nSPS) is 11.9. The van der Waals surface area contributed by atoms with Crippen LogP contribution in [0.2, 0.25) is 0 Å². The van der Waals surface area contributed by atoms with Crippen LogP contribution in [0.3, 0.4) is 0 Å². The number of aromatic nitrogens is 1. The summed E-state index contributed by atoms with van der Waals surface area (Å²) in [7, 11) is 1.54. The Kier molecular flexibility index (Phi) is 3.94. The molecule has 0 saturated carbocycles. The summed E-state index contributed by atoms with van der Waals surface area (Å²) in [5.74, 6) is 1.85. The first-order valence-corrected chi connectivity index (χ1v) is 8.08. The van der Waals surface area contributed by atoms with Gasteiger partial charge in [-0.15, -0.1) is 0 Å². The Hall–Kier alpha value is -3.92. The lowest BCUT2D eigenvalue weighted by atomic mass is 9.97. The second kappa shape index (κ2) is 6.42. The van der Waals surface area contributed by atoms with Gasteiger partial charge in [-0.3, -0.25) is 0 Å². The molecule has 0 bridgehead atoms. The van der Waals surface area contributed by atoms with Gasteiger partial charge in [0.25, 0.3) is 0 Å². The van der Waals surface area contributed by atoms with Gasteiger partial charge in [-0.1, -0.05) is 12.1 Å². The molecule has 0 fully saturated rings. The van der Waals surface area contributed by atoms with Gasteiger partial charge in [-0.2, -0.15) is 5.26 Å². The molecule has 0 unspecified atom stereocenters. The van der Waals surface area contributed by atoms with Crippen molar-refractivity contribution in [3.63, 3.8) is 0 Å². The highest BCUT2D eigenvalue weighted by Gasteiger charge is 2.22. The zero-order valence-corrected chi connectivity index (χ0v) is 14.4. The minimum absolute atomic E-state index is 0.0908. The number of phenols is 1. The molecule has 4 rings (SSSR count). The summed E-state index contributed by atoms with van der Waals surface area (Å²) in [6.45, 7) is 0.125. The van der Waals surface area contributed by atoms with E-state index in [-0.39, 0.29) is 23.9 Å². The van der Waals surface area contributed by atoms with Crippen molar-refractivity contribution in [3.05, 3.63) is 48.0 Å². The van der Waals surface area contributed by atoms with Crippen LogP contribution in [0.25, 0.3) is 22.4 Å². The number of hydrogen-bond acceptors (Lipinski definition) is 7. The third kappa shape index (κ3) is 2.83. The Labute approximate surface area is 155 Å². The van der Waals surface area contributed by atoms with Crippen LogP contribution in [0, 0.1) is 11.3 Å². The van der Waals surface area contributed by atoms with Crippen molar-refractivity contribution in [2.24, 2.45) is 0 Å². The number of rotatable bonds is 3. The number of methoxy groups -OCH3 is 1. The molecule has 27 heavy (non-hydrogen) atoms. The number of phenolic OH excluding ortho intramolecular Hbond substituents is 1. The maximum atomic E-state index is 9.76. The number of pyridine rings is 1. The molecule has 0 atom stereocenters. The van der Waals surface area contributed by atoms with Gasteiger partial charge < -0.3 is 25.1 Å². The number of fused-ring (bicyclic) bond motifs is 1. The number of nitrogens with zero attached hydrogens (tertiary/aromatic N) is 2. The molecule has 1 aliphatic heterocycles. The molecule has 0 amide bonds. The van der Waals surface area contributed by atoms with E-state index in [1.807, 2.05) is 0 Å². The molecular weight excluding hydrogens is 346 g/mol. The van der Waals surface area contributed by atoms with Gasteiger partial charge in [-0.25, -0.2) is 4.98 Å². The standard InChI is InChI=1S/C20H15N3O4/c1-25-17-8-19-18(26-10-27-19)7-14(17)13-6-16(23-20(22)15(13)9-21)11-3-2-4-12(24)5-11/h2-8,24H,10H2,1H3,(H2,22,23). The number of benzene rings is 2. The van der Waals surface area contributed by atoms with Crippen molar-refractivity contribution in [2.75, 3.05) is 19.6 Å². The number of anilines is 1. The fourth-order valence-corrected chi connectivity index (χ4v) is 3.01. The molecule has 0 radical (unpaired) electrons. The van der Waals surface area contributed by atoms with Gasteiger partial charge in [0.05, 0.1) is 12.8 Å². The van der Waals surface area contributed by atoms with Crippen LogP contribution < -0.4 is 19.9 Å². The van der Waals surface area contributed by atoms with E-state index in [0.29, 0.717) is 39.6 Å². The quantitative estimate of drug-likeness (QED) is 0.736. The van der Waals surface area contributed by atoms with E-state index >= 15 is 0 Å². The SMILES string of the molecule is COc1cc2c(cc1-c1cc(-c3cccc(O)c3)nc(N)c1C#N)OCO2. The number of ether oxygens (including phenoxy) is 3. The molecule has 3 N–H and O–H groups in total. The van der Waals surface area contributed by atoms with Crippen molar-refractivity contribution in [2.45, 2.75) is 0 Å². The highest BCUT2D eigenvalue weighted by atomic mass is 16.7. The molecule has 1 aromatic heterocycles. The summed E-state index contributed by atoms with van der Waals surface area (Å²) in [4.78, 5) is 4.32. The van der Waals surface area contributed by atoms with E-state index in [1.54, 1.807) is 42.5 Å². The van der Waals surface area contributed by atoms with Gasteiger partial charge in [0.1, 0.15) is 28.9 Å². The van der Waals surface area contributed by atoms with Gasteiger partial charge in [0.2, 0.25) is 6.79 Å². The Bertz CT molecular complexity index is 1090. The van der Waals surface area contributed by atoms with Gasteiger partial charge in [-0.05, 0) is 24.3 Å². The van der Waals surface area contributed by atoms with Crippen molar-refractivity contribution in [3.8, 4) is 51.5 Å². The van der Waals surface area contributed by atoms with Crippen molar-refractivity contribution >= 4 is 5.82 Å². The summed E-state index contributed by atoms with van der Waals surface area (Å²) in [5, 5.41) is 19.4. The number of hydrogen-bond donors (Lipinski definition) is 2. The first kappa shape index (κ1) is 16.5. The number of nitriles is 1. The number of nitrogen functional groups attached to an aromatic ring is 1. The summed E-state index contributed by atoms with van der Waals surface area (Å²) >= 11 is 0. The molecular formula is C20H15N3O4. The average Bonchev–Trinajstić information content (AvgIpc) is 3.13. The molecule has 3 aromatic rings. The van der Waals surface area contributed by atoms with Crippen LogP contribution in [0.4, 0.5) is 5.82 Å². The second-order valence-electron chi connectivity index (χ2n) is 5.88. The Morgan fingerprint density at radius 2 is 1.93 bits per heavy atom. The van der Waals surface area contributed by atoms with E-state index in [2.05, 4.69) is 11.1 Å². The van der Waals surface area contributed by atoms with Crippen LogP contribution >= 0.6 is 0 Å². The van der Waals surface area contributed by atoms with E-state index in [0.717, 1.165) is 0 Å². The molecule has 2 aromatic carbocycles. The predicted octanol–water partition coefficient (Wildman–Crippen LogP) is 3.31. The summed E-state index contributed by atoms with van der Waals surface area (Å²) < 4.78 is 16.3. The van der Waals surface area contributed by atoms with Gasteiger partial charge in [0.15, 0.2) is 11.5 Å². The molecule has 7 nitrogen and oxygen atoms in total. The molecule has 7 heteroatoms. The molecule has 0 spiro atoms. The largest absolute Gasteiger partial charge is 0.508 e. The monoisotopic (exact) mass is 361 g/mol. The third-order valence-corrected chi connectivity index (χ3v) is 4.29. The van der Waals surface area contributed by atoms with Crippen LogP contribution in [0.5, 0.6) is 23.0 Å². The van der Waals surface area contributed by atoms with Crippen LogP contribution in [0.15, 0.2) is 42.5 Å². The topological polar surface area (TPSA) is 111 Å². The lowest BCUT2D eigenvalue weighted by molar-refractivity contribution is 0.174. The van der Waals surface area contributed by atoms with Crippen LogP contribution in [0.1, 0.15) is 5.56 Å². The smallest absolute Gasteiger partial charge is 0.231 e. The highest BCUT2D eigenvalue weighted by molar-refractivity contribution is 5.84. The average molecular weight is 361 g/mol. The Morgan fingerprint density at radius 3 is 2.63 bits per heavy atom. The van der Waals surface area contributed by atoms with E-state index in [4.69, 9.17) is 19.9 Å². The molecule has 134 valence electrons. The zero-order chi connectivity index (χ0) is 19.0. The number of aromatic hydroxyl groups is 1. The van der Waals surface area contributed by atoms with E-state index < -0.39 is 0 Å². The van der Waals surface area contributed by atoms with E-state index in [1.165, 1.54) is 7.11 Å². The number of nitrogens with two attached hydrogens (primary N) is 1. The van der Waals surface area contributed by atoms with Gasteiger partial charge in [0, 0.05) is 22.8 Å². The van der Waals surface area contributed by atoms with Crippen LogP contribution in [-0.2, 0) is 0 Å². The Morgan fingerprint density at radius 1 is 1.15 bits per heavy atom. The Balaban J connectivity index is 1.96. The minimum Gasteiger partial charge on any atom is -0.508 e. The van der Waals surface area contributed by atoms with Crippen molar-refractivity contribution < 1.29 is 19.3 Å². The fraction of sp³-hybridized carbons (Fsp3) is 0.100. The van der Waals surface area contributed by atoms with Crippen molar-refractivity contribution in [1.82, 2.24) is 4.98 Å². The first-order valence-electron chi connectivity index (χ1n) is 8.08. The minimum atomic E-state index is 0.0908. The summed E-state index contributed by atoms with van der Waals surface area (Å²) in [6.07, 6.45) is 0. The first-order chi connectivity index (χ1) is 13.1. The lowest BCUT2D eigenvalue weighted by Crippen LogP contribution is -2.00. The molecule has 2 heterocycles. The van der Waals surface area contributed by atoms with Crippen LogP contribution in [-0.4, -0.2) is 24.0 Å². The van der Waals surface area contributed by atoms with Crippen molar-refractivity contribution in [1.29, 1.82) is 5.26 Å². The zero-order valence-electron chi connectivity index (χ0n) is 14.4. The predicted molar refractivity (Wildman–Crippen MR) is 98.6 cm³/mol. The molecule has 0 saturated heterocycles. The molecule has 1 aliphatic rings. The third-order valence-electron chi connectivity index (χ3n) is 4.29. The van der Waals surface area contributed by atoms with Gasteiger partial charge >= 0.3 is 0 Å². The summed E-state index contributed by atoms with van der Waals surface area (Å²) in [5.41, 5.74) is 8.68. The maximum Gasteiger partial charge on any atom is 0.231 e. The molecule has 0 aliphatic carbocycles.